The molecule has 0 radical (unpaired) electrons. The molecule has 3 atom stereocenters. The highest BCUT2D eigenvalue weighted by Crippen LogP contribution is 2.35. The number of carbonyl (C=O) groups excluding carboxylic acids is 3. The number of imide groups is 1. The Labute approximate surface area is 190 Å². The van der Waals surface area contributed by atoms with Crippen molar-refractivity contribution in [2.45, 2.75) is 38.8 Å². The second-order valence-electron chi connectivity index (χ2n) is 6.80. The molecule has 180 valence electrons. The molecule has 0 spiro atoms. The first kappa shape index (κ1) is 27.9. The van der Waals surface area contributed by atoms with Crippen molar-refractivity contribution in [3.63, 3.8) is 0 Å². The molecule has 0 saturated carbocycles. The standard InChI is InChI=1S/C18H26N3O6P.C3H8O/c1-14(21-10-8-17(23)20-18(21)24)12-16(25-2)13-26-28(19-9-11-22)27-15-6-4-3-5-7-15;1-3-4-2/h3-7,11,14,16,19H,8-10,12-13H2,1-2H3,(H,20,23,24);3H2,1-2H3. The van der Waals surface area contributed by atoms with Gasteiger partial charge in [-0.25, -0.2) is 9.88 Å². The number of hydrogen-bond donors (Lipinski definition) is 2. The number of nitrogens with zero attached hydrogens (tertiary/aromatic N) is 1. The summed E-state index contributed by atoms with van der Waals surface area (Å²) in [6.07, 6.45) is 1.26. The average Bonchev–Trinajstić information content (AvgIpc) is 2.80. The minimum Gasteiger partial charge on any atom is -0.436 e. The number of carbonyl (C=O) groups is 3. The van der Waals surface area contributed by atoms with Gasteiger partial charge in [0.2, 0.25) is 5.91 Å². The fraction of sp³-hybridized carbons (Fsp3) is 0.571. The van der Waals surface area contributed by atoms with Gasteiger partial charge in [0.1, 0.15) is 12.0 Å². The quantitative estimate of drug-likeness (QED) is 0.333. The van der Waals surface area contributed by atoms with Gasteiger partial charge in [0.25, 0.3) is 0 Å². The zero-order valence-corrected chi connectivity index (χ0v) is 20.0. The van der Waals surface area contributed by atoms with Crippen LogP contribution in [0.1, 0.15) is 26.7 Å². The van der Waals surface area contributed by atoms with Gasteiger partial charge in [0.05, 0.1) is 19.3 Å². The first-order valence-corrected chi connectivity index (χ1v) is 11.6. The Morgan fingerprint density at radius 3 is 2.50 bits per heavy atom. The summed E-state index contributed by atoms with van der Waals surface area (Å²) in [5, 5.41) is 5.23. The molecule has 0 aliphatic carbocycles. The summed E-state index contributed by atoms with van der Waals surface area (Å²) in [5.41, 5.74) is 0. The van der Waals surface area contributed by atoms with E-state index in [1.807, 2.05) is 32.0 Å². The van der Waals surface area contributed by atoms with Gasteiger partial charge in [-0.05, 0) is 32.4 Å². The lowest BCUT2D eigenvalue weighted by Gasteiger charge is -2.33. The summed E-state index contributed by atoms with van der Waals surface area (Å²) in [7, 11) is 1.72. The molecule has 3 unspecified atom stereocenters. The summed E-state index contributed by atoms with van der Waals surface area (Å²) < 4.78 is 21.6. The Balaban J connectivity index is 0.00000118. The molecule has 2 rings (SSSR count). The molecular weight excluding hydrogens is 437 g/mol. The van der Waals surface area contributed by atoms with Crippen LogP contribution in [0.5, 0.6) is 5.75 Å². The van der Waals surface area contributed by atoms with Gasteiger partial charge in [-0.3, -0.25) is 10.1 Å². The lowest BCUT2D eigenvalue weighted by molar-refractivity contribution is -0.121. The van der Waals surface area contributed by atoms with Crippen molar-refractivity contribution in [2.75, 3.05) is 40.5 Å². The van der Waals surface area contributed by atoms with Crippen LogP contribution in [0, 0.1) is 0 Å². The third kappa shape index (κ3) is 11.0. The van der Waals surface area contributed by atoms with Gasteiger partial charge >= 0.3 is 14.6 Å². The van der Waals surface area contributed by atoms with Crippen molar-refractivity contribution >= 4 is 26.8 Å². The van der Waals surface area contributed by atoms with Gasteiger partial charge in [-0.2, -0.15) is 0 Å². The molecule has 11 heteroatoms. The highest BCUT2D eigenvalue weighted by Gasteiger charge is 2.29. The lowest BCUT2D eigenvalue weighted by atomic mass is 10.1. The summed E-state index contributed by atoms with van der Waals surface area (Å²) in [6.45, 7) is 5.39. The maximum atomic E-state index is 12.0. The predicted molar refractivity (Wildman–Crippen MR) is 121 cm³/mol. The van der Waals surface area contributed by atoms with Crippen LogP contribution in [0.2, 0.25) is 0 Å². The number of ether oxygens (including phenoxy) is 2. The summed E-state index contributed by atoms with van der Waals surface area (Å²) >= 11 is 0. The molecule has 1 saturated heterocycles. The maximum absolute atomic E-state index is 12.0. The Bertz CT molecular complexity index is 679. The molecule has 3 amide bonds. The minimum absolute atomic E-state index is 0.106. The van der Waals surface area contributed by atoms with Gasteiger partial charge in [-0.1, -0.05) is 18.2 Å². The highest BCUT2D eigenvalue weighted by atomic mass is 31.2. The molecular formula is C21H34N3O7P. The highest BCUT2D eigenvalue weighted by molar-refractivity contribution is 7.45. The van der Waals surface area contributed by atoms with Crippen LogP contribution in [-0.4, -0.2) is 75.8 Å². The van der Waals surface area contributed by atoms with Gasteiger partial charge in [0, 0.05) is 39.8 Å². The molecule has 10 nitrogen and oxygen atoms in total. The first-order valence-electron chi connectivity index (χ1n) is 10.4. The van der Waals surface area contributed by atoms with Gasteiger partial charge in [-0.15, -0.1) is 0 Å². The predicted octanol–water partition coefficient (Wildman–Crippen LogP) is 2.49. The number of amides is 3. The topological polar surface area (TPSA) is 115 Å². The van der Waals surface area contributed by atoms with E-state index in [1.54, 1.807) is 31.3 Å². The molecule has 32 heavy (non-hydrogen) atoms. The number of aldehydes is 1. The van der Waals surface area contributed by atoms with E-state index in [1.165, 1.54) is 0 Å². The fourth-order valence-electron chi connectivity index (χ4n) is 2.68. The van der Waals surface area contributed by atoms with Crippen molar-refractivity contribution in [1.29, 1.82) is 0 Å². The number of rotatable bonds is 13. The van der Waals surface area contributed by atoms with Crippen LogP contribution in [0.15, 0.2) is 30.3 Å². The monoisotopic (exact) mass is 471 g/mol. The van der Waals surface area contributed by atoms with Gasteiger partial charge in [0.15, 0.2) is 0 Å². The van der Waals surface area contributed by atoms with Crippen molar-refractivity contribution < 1.29 is 32.9 Å². The van der Waals surface area contributed by atoms with E-state index < -0.39 is 8.53 Å². The van der Waals surface area contributed by atoms with Crippen molar-refractivity contribution in [1.82, 2.24) is 15.3 Å². The molecule has 1 fully saturated rings. The van der Waals surface area contributed by atoms with Gasteiger partial charge < -0.3 is 28.2 Å². The van der Waals surface area contributed by atoms with E-state index in [9.17, 15) is 14.4 Å². The lowest BCUT2D eigenvalue weighted by Crippen LogP contribution is -2.53. The molecule has 1 aromatic carbocycles. The maximum Gasteiger partial charge on any atom is 0.324 e. The normalized spacial score (nSPS) is 16.3. The van der Waals surface area contributed by atoms with Crippen molar-refractivity contribution in [3.05, 3.63) is 30.3 Å². The smallest absolute Gasteiger partial charge is 0.324 e. The number of benzene rings is 1. The summed E-state index contributed by atoms with van der Waals surface area (Å²) in [6, 6.07) is 8.64. The van der Waals surface area contributed by atoms with Crippen molar-refractivity contribution in [2.24, 2.45) is 0 Å². The second kappa shape index (κ2) is 16.5. The van der Waals surface area contributed by atoms with E-state index in [0.717, 1.165) is 12.9 Å². The molecule has 0 aromatic heterocycles. The number of methoxy groups -OCH3 is 2. The van der Waals surface area contributed by atoms with Crippen LogP contribution in [0.4, 0.5) is 4.79 Å². The number of para-hydroxylation sites is 1. The molecule has 1 heterocycles. The molecule has 1 aliphatic heterocycles. The Morgan fingerprint density at radius 1 is 1.25 bits per heavy atom. The molecule has 2 N–H and O–H groups in total. The van der Waals surface area contributed by atoms with E-state index >= 15 is 0 Å². The molecule has 0 bridgehead atoms. The average molecular weight is 471 g/mol. The Hall–Kier alpha value is -2.10. The van der Waals surface area contributed by atoms with Crippen LogP contribution in [0.25, 0.3) is 0 Å². The number of urea groups is 1. The van der Waals surface area contributed by atoms with E-state index in [-0.39, 0.29) is 43.7 Å². The minimum atomic E-state index is -1.53. The largest absolute Gasteiger partial charge is 0.436 e. The number of hydrogen-bond acceptors (Lipinski definition) is 8. The molecule has 1 aromatic rings. The first-order chi connectivity index (χ1) is 15.4. The number of nitrogens with one attached hydrogen (secondary N) is 2. The zero-order valence-electron chi connectivity index (χ0n) is 19.1. The second-order valence-corrected chi connectivity index (χ2v) is 8.07. The van der Waals surface area contributed by atoms with Crippen LogP contribution in [0.3, 0.4) is 0 Å². The summed E-state index contributed by atoms with van der Waals surface area (Å²) in [4.78, 5) is 35.5. The van der Waals surface area contributed by atoms with E-state index in [2.05, 4.69) is 15.1 Å². The van der Waals surface area contributed by atoms with E-state index in [0.29, 0.717) is 18.7 Å². The molecule has 1 aliphatic rings. The fourth-order valence-corrected chi connectivity index (χ4v) is 3.73. The SMILES string of the molecule is CCOC.COC(COP(NCC=O)Oc1ccccc1)CC(C)N1CCC(=O)NC1=O. The third-order valence-electron chi connectivity index (χ3n) is 4.46. The van der Waals surface area contributed by atoms with Crippen molar-refractivity contribution in [3.8, 4) is 5.75 Å². The van der Waals surface area contributed by atoms with E-state index in [4.69, 9.17) is 13.8 Å². The van der Waals surface area contributed by atoms with Crippen LogP contribution >= 0.6 is 8.53 Å². The summed E-state index contributed by atoms with van der Waals surface area (Å²) in [5.74, 6) is 0.369. The zero-order chi connectivity index (χ0) is 23.8. The van der Waals surface area contributed by atoms with Crippen LogP contribution in [-0.2, 0) is 23.6 Å². The Kier molecular flexibility index (Phi) is 14.4. The third-order valence-corrected chi connectivity index (χ3v) is 5.66. The Morgan fingerprint density at radius 2 is 1.94 bits per heavy atom. The van der Waals surface area contributed by atoms with Crippen LogP contribution < -0.4 is 14.9 Å².